The quantitative estimate of drug-likeness (QED) is 0.702. The first-order valence-corrected chi connectivity index (χ1v) is 5.19. The van der Waals surface area contributed by atoms with E-state index in [1.165, 1.54) is 0 Å². The standard InChI is InChI=1S/C11H8ClN3O/c1-6-14-15-11(16-6)10-5-7-8(12)3-2-4-9(7)13-10/h2-5,13H,1H3. The van der Waals surface area contributed by atoms with Crippen molar-refractivity contribution in [3.8, 4) is 11.6 Å². The molecule has 0 saturated heterocycles. The highest BCUT2D eigenvalue weighted by atomic mass is 35.5. The number of fused-ring (bicyclic) bond motifs is 1. The molecule has 0 atom stereocenters. The van der Waals surface area contributed by atoms with Crippen molar-refractivity contribution in [2.75, 3.05) is 0 Å². The second-order valence-electron chi connectivity index (χ2n) is 3.51. The van der Waals surface area contributed by atoms with E-state index in [2.05, 4.69) is 15.2 Å². The van der Waals surface area contributed by atoms with Crippen LogP contribution in [0.15, 0.2) is 28.7 Å². The molecule has 2 heterocycles. The van der Waals surface area contributed by atoms with Crippen LogP contribution in [0.2, 0.25) is 5.02 Å². The van der Waals surface area contributed by atoms with E-state index in [1.54, 1.807) is 6.92 Å². The number of halogens is 1. The SMILES string of the molecule is Cc1nnc(-c2cc3c(Cl)cccc3[nH]2)o1. The highest BCUT2D eigenvalue weighted by Gasteiger charge is 2.10. The van der Waals surface area contributed by atoms with Gasteiger partial charge in [-0.3, -0.25) is 0 Å². The molecule has 0 aliphatic carbocycles. The summed E-state index contributed by atoms with van der Waals surface area (Å²) in [6.07, 6.45) is 0. The van der Waals surface area contributed by atoms with E-state index in [9.17, 15) is 0 Å². The number of aromatic amines is 1. The average Bonchev–Trinajstić information content (AvgIpc) is 2.84. The molecule has 0 unspecified atom stereocenters. The van der Waals surface area contributed by atoms with Crippen LogP contribution in [0.25, 0.3) is 22.5 Å². The molecule has 1 N–H and O–H groups in total. The molecule has 3 aromatic rings. The summed E-state index contributed by atoms with van der Waals surface area (Å²) in [4.78, 5) is 3.19. The van der Waals surface area contributed by atoms with Crippen molar-refractivity contribution in [3.05, 3.63) is 35.2 Å². The Morgan fingerprint density at radius 2 is 2.19 bits per heavy atom. The maximum absolute atomic E-state index is 6.08. The van der Waals surface area contributed by atoms with Crippen LogP contribution in [0.1, 0.15) is 5.89 Å². The number of aromatic nitrogens is 3. The van der Waals surface area contributed by atoms with Crippen LogP contribution in [0, 0.1) is 6.92 Å². The number of hydrogen-bond donors (Lipinski definition) is 1. The fourth-order valence-electron chi connectivity index (χ4n) is 1.64. The molecule has 16 heavy (non-hydrogen) atoms. The Hall–Kier alpha value is -1.81. The molecule has 0 saturated carbocycles. The molecule has 0 aliphatic heterocycles. The molecule has 0 fully saturated rings. The predicted molar refractivity (Wildman–Crippen MR) is 61.3 cm³/mol. The lowest BCUT2D eigenvalue weighted by Crippen LogP contribution is -1.75. The molecule has 3 rings (SSSR count). The lowest BCUT2D eigenvalue weighted by molar-refractivity contribution is 0.531. The molecule has 2 aromatic heterocycles. The highest BCUT2D eigenvalue weighted by molar-refractivity contribution is 6.35. The minimum absolute atomic E-state index is 0.477. The van der Waals surface area contributed by atoms with Crippen LogP contribution in [-0.2, 0) is 0 Å². The van der Waals surface area contributed by atoms with Crippen LogP contribution in [0.3, 0.4) is 0 Å². The van der Waals surface area contributed by atoms with Gasteiger partial charge in [0.05, 0.1) is 0 Å². The second kappa shape index (κ2) is 3.35. The minimum atomic E-state index is 0.477. The van der Waals surface area contributed by atoms with Gasteiger partial charge in [-0.05, 0) is 18.2 Å². The zero-order valence-corrected chi connectivity index (χ0v) is 9.25. The topological polar surface area (TPSA) is 54.7 Å². The second-order valence-corrected chi connectivity index (χ2v) is 3.92. The maximum atomic E-state index is 6.08. The van der Waals surface area contributed by atoms with Gasteiger partial charge in [0.25, 0.3) is 5.89 Å². The summed E-state index contributed by atoms with van der Waals surface area (Å²) in [6.45, 7) is 1.76. The van der Waals surface area contributed by atoms with Gasteiger partial charge >= 0.3 is 0 Å². The molecule has 0 amide bonds. The Morgan fingerprint density at radius 1 is 1.31 bits per heavy atom. The molecule has 1 aromatic carbocycles. The lowest BCUT2D eigenvalue weighted by Gasteiger charge is -1.89. The number of aryl methyl sites for hydroxylation is 1. The largest absolute Gasteiger partial charge is 0.420 e. The summed E-state index contributed by atoms with van der Waals surface area (Å²) in [5.41, 5.74) is 1.74. The summed E-state index contributed by atoms with van der Waals surface area (Å²) in [5, 5.41) is 9.39. The Labute approximate surface area is 96.2 Å². The van der Waals surface area contributed by atoms with Gasteiger partial charge < -0.3 is 9.40 Å². The van der Waals surface area contributed by atoms with Gasteiger partial charge in [0.2, 0.25) is 5.89 Å². The number of nitrogens with one attached hydrogen (secondary N) is 1. The maximum Gasteiger partial charge on any atom is 0.264 e. The van der Waals surface area contributed by atoms with Gasteiger partial charge in [0.1, 0.15) is 5.69 Å². The lowest BCUT2D eigenvalue weighted by atomic mass is 10.2. The first kappa shape index (κ1) is 9.42. The first-order chi connectivity index (χ1) is 7.74. The molecular formula is C11H8ClN3O. The van der Waals surface area contributed by atoms with Crippen LogP contribution >= 0.6 is 11.6 Å². The summed E-state index contributed by atoms with van der Waals surface area (Å²) in [5.74, 6) is 1.02. The molecule has 4 nitrogen and oxygen atoms in total. The third kappa shape index (κ3) is 1.39. The predicted octanol–water partition coefficient (Wildman–Crippen LogP) is 3.18. The van der Waals surface area contributed by atoms with Crippen LogP contribution in [0.4, 0.5) is 0 Å². The zero-order valence-electron chi connectivity index (χ0n) is 8.49. The number of rotatable bonds is 1. The van der Waals surface area contributed by atoms with Crippen LogP contribution < -0.4 is 0 Å². The van der Waals surface area contributed by atoms with E-state index < -0.39 is 0 Å². The number of benzene rings is 1. The Balaban J connectivity index is 2.22. The highest BCUT2D eigenvalue weighted by Crippen LogP contribution is 2.28. The zero-order chi connectivity index (χ0) is 11.1. The van der Waals surface area contributed by atoms with Crippen molar-refractivity contribution in [3.63, 3.8) is 0 Å². The summed E-state index contributed by atoms with van der Waals surface area (Å²) in [7, 11) is 0. The normalized spacial score (nSPS) is 11.1. The van der Waals surface area contributed by atoms with E-state index in [-0.39, 0.29) is 0 Å². The fourth-order valence-corrected chi connectivity index (χ4v) is 1.87. The average molecular weight is 234 g/mol. The van der Waals surface area contributed by atoms with E-state index in [0.29, 0.717) is 16.8 Å². The van der Waals surface area contributed by atoms with Gasteiger partial charge in [-0.1, -0.05) is 17.7 Å². The van der Waals surface area contributed by atoms with Crippen molar-refractivity contribution in [1.29, 1.82) is 0 Å². The monoisotopic (exact) mass is 233 g/mol. The Morgan fingerprint density at radius 3 is 2.88 bits per heavy atom. The summed E-state index contributed by atoms with van der Waals surface area (Å²) < 4.78 is 5.34. The molecule has 0 spiro atoms. The van der Waals surface area contributed by atoms with Crippen LogP contribution in [0.5, 0.6) is 0 Å². The summed E-state index contributed by atoms with van der Waals surface area (Å²) in [6, 6.07) is 7.60. The van der Waals surface area contributed by atoms with Crippen molar-refractivity contribution in [2.45, 2.75) is 6.92 Å². The van der Waals surface area contributed by atoms with E-state index in [4.69, 9.17) is 16.0 Å². The van der Waals surface area contributed by atoms with Crippen molar-refractivity contribution in [1.82, 2.24) is 15.2 Å². The Bertz CT molecular complexity index is 656. The van der Waals surface area contributed by atoms with Gasteiger partial charge in [-0.2, -0.15) is 0 Å². The van der Waals surface area contributed by atoms with Gasteiger partial charge in [0.15, 0.2) is 0 Å². The Kier molecular flexibility index (Phi) is 1.97. The molecule has 0 aliphatic rings. The van der Waals surface area contributed by atoms with Gasteiger partial charge in [-0.25, -0.2) is 0 Å². The van der Waals surface area contributed by atoms with Crippen molar-refractivity contribution < 1.29 is 4.42 Å². The van der Waals surface area contributed by atoms with Crippen LogP contribution in [-0.4, -0.2) is 15.2 Å². The molecule has 80 valence electrons. The molecule has 0 radical (unpaired) electrons. The number of H-pyrrole nitrogens is 1. The minimum Gasteiger partial charge on any atom is -0.420 e. The fraction of sp³-hybridized carbons (Fsp3) is 0.0909. The molecule has 5 heteroatoms. The molecular weight excluding hydrogens is 226 g/mol. The smallest absolute Gasteiger partial charge is 0.264 e. The summed E-state index contributed by atoms with van der Waals surface area (Å²) >= 11 is 6.08. The van der Waals surface area contributed by atoms with E-state index in [1.807, 2.05) is 24.3 Å². The number of hydrogen-bond acceptors (Lipinski definition) is 3. The number of nitrogens with zero attached hydrogens (tertiary/aromatic N) is 2. The van der Waals surface area contributed by atoms with Crippen molar-refractivity contribution in [2.24, 2.45) is 0 Å². The van der Waals surface area contributed by atoms with Gasteiger partial charge in [0, 0.05) is 22.8 Å². The third-order valence-corrected chi connectivity index (χ3v) is 2.70. The third-order valence-electron chi connectivity index (χ3n) is 2.37. The van der Waals surface area contributed by atoms with E-state index in [0.717, 1.165) is 16.6 Å². The van der Waals surface area contributed by atoms with Crippen molar-refractivity contribution >= 4 is 22.5 Å². The van der Waals surface area contributed by atoms with E-state index >= 15 is 0 Å². The molecule has 0 bridgehead atoms. The first-order valence-electron chi connectivity index (χ1n) is 4.82. The van der Waals surface area contributed by atoms with Gasteiger partial charge in [-0.15, -0.1) is 10.2 Å².